The summed E-state index contributed by atoms with van der Waals surface area (Å²) >= 11 is 0. The molecule has 0 N–H and O–H groups in total. The highest BCUT2D eigenvalue weighted by Gasteiger charge is 2.28. The molecular weight excluding hydrogens is 176 g/mol. The highest BCUT2D eigenvalue weighted by molar-refractivity contribution is 5.58. The van der Waals surface area contributed by atoms with Gasteiger partial charge in [0.1, 0.15) is 6.29 Å². The lowest BCUT2D eigenvalue weighted by Gasteiger charge is -2.26. The van der Waals surface area contributed by atoms with E-state index in [1.54, 1.807) is 0 Å². The van der Waals surface area contributed by atoms with Gasteiger partial charge in [0.15, 0.2) is 0 Å². The molecular formula is C11H22N2O. The zero-order chi connectivity index (χ0) is 10.8. The molecule has 1 unspecified atom stereocenters. The first-order chi connectivity index (χ1) is 6.44. The topological polar surface area (TPSA) is 23.6 Å². The van der Waals surface area contributed by atoms with E-state index in [9.17, 15) is 4.79 Å². The third kappa shape index (κ3) is 3.07. The van der Waals surface area contributed by atoms with Crippen LogP contribution in [0.1, 0.15) is 20.3 Å². The molecule has 0 radical (unpaired) electrons. The maximum atomic E-state index is 10.8. The zero-order valence-electron chi connectivity index (χ0n) is 9.79. The first kappa shape index (κ1) is 11.7. The van der Waals surface area contributed by atoms with E-state index >= 15 is 0 Å². The van der Waals surface area contributed by atoms with Crippen LogP contribution in [0.4, 0.5) is 0 Å². The molecule has 0 aliphatic carbocycles. The fraction of sp³-hybridized carbons (Fsp3) is 0.909. The molecule has 0 aromatic rings. The molecule has 1 aliphatic heterocycles. The highest BCUT2D eigenvalue weighted by Crippen LogP contribution is 2.19. The summed E-state index contributed by atoms with van der Waals surface area (Å²) in [5.41, 5.74) is -0.193. The summed E-state index contributed by atoms with van der Waals surface area (Å²) in [4.78, 5) is 15.5. The van der Waals surface area contributed by atoms with Gasteiger partial charge in [0, 0.05) is 24.5 Å². The number of hydrogen-bond acceptors (Lipinski definition) is 3. The molecule has 14 heavy (non-hydrogen) atoms. The fourth-order valence-electron chi connectivity index (χ4n) is 1.99. The third-order valence-electron chi connectivity index (χ3n) is 2.93. The summed E-state index contributed by atoms with van der Waals surface area (Å²) in [6.07, 6.45) is 2.29. The standard InChI is InChI=1S/C11H22N2O/c1-11(2,9-14)8-13-6-5-10(7-13)12(3)4/h9-10H,5-8H2,1-4H3. The first-order valence-electron chi connectivity index (χ1n) is 5.30. The van der Waals surface area contributed by atoms with Crippen LogP contribution in [0.15, 0.2) is 0 Å². The average Bonchev–Trinajstić information content (AvgIpc) is 2.52. The van der Waals surface area contributed by atoms with E-state index in [0.29, 0.717) is 6.04 Å². The summed E-state index contributed by atoms with van der Waals surface area (Å²) in [5, 5.41) is 0. The van der Waals surface area contributed by atoms with Crippen LogP contribution in [0.3, 0.4) is 0 Å². The summed E-state index contributed by atoms with van der Waals surface area (Å²) in [6, 6.07) is 0.664. The van der Waals surface area contributed by atoms with E-state index in [-0.39, 0.29) is 5.41 Å². The Labute approximate surface area is 87.1 Å². The minimum Gasteiger partial charge on any atom is -0.305 e. The minimum atomic E-state index is -0.193. The lowest BCUT2D eigenvalue weighted by Crippen LogP contribution is -2.36. The fourth-order valence-corrected chi connectivity index (χ4v) is 1.99. The molecule has 0 spiro atoms. The van der Waals surface area contributed by atoms with Crippen LogP contribution >= 0.6 is 0 Å². The van der Waals surface area contributed by atoms with Crippen LogP contribution in [0, 0.1) is 5.41 Å². The summed E-state index contributed by atoms with van der Waals surface area (Å²) in [5.74, 6) is 0. The Hall–Kier alpha value is -0.410. The third-order valence-corrected chi connectivity index (χ3v) is 2.93. The van der Waals surface area contributed by atoms with E-state index in [1.807, 2.05) is 13.8 Å². The Morgan fingerprint density at radius 2 is 2.14 bits per heavy atom. The second-order valence-electron chi connectivity index (χ2n) is 5.25. The summed E-state index contributed by atoms with van der Waals surface area (Å²) < 4.78 is 0. The van der Waals surface area contributed by atoms with Crippen molar-refractivity contribution in [3.8, 4) is 0 Å². The normalized spacial score (nSPS) is 24.5. The van der Waals surface area contributed by atoms with Crippen LogP contribution in [-0.4, -0.2) is 55.9 Å². The van der Waals surface area contributed by atoms with Crippen molar-refractivity contribution >= 4 is 6.29 Å². The van der Waals surface area contributed by atoms with Gasteiger partial charge in [0.2, 0.25) is 0 Å². The van der Waals surface area contributed by atoms with Crippen molar-refractivity contribution in [1.82, 2.24) is 9.80 Å². The van der Waals surface area contributed by atoms with Crippen molar-refractivity contribution < 1.29 is 4.79 Å². The number of aldehydes is 1. The predicted octanol–water partition coefficient (Wildman–Crippen LogP) is 0.847. The first-order valence-corrected chi connectivity index (χ1v) is 5.30. The molecule has 0 aromatic carbocycles. The molecule has 3 nitrogen and oxygen atoms in total. The molecule has 3 heteroatoms. The van der Waals surface area contributed by atoms with E-state index in [4.69, 9.17) is 0 Å². The number of likely N-dealkylation sites (tertiary alicyclic amines) is 1. The Bertz CT molecular complexity index is 201. The predicted molar refractivity (Wildman–Crippen MR) is 58.4 cm³/mol. The molecule has 0 bridgehead atoms. The monoisotopic (exact) mass is 198 g/mol. The van der Waals surface area contributed by atoms with E-state index in [2.05, 4.69) is 23.9 Å². The molecule has 1 rings (SSSR count). The number of hydrogen-bond donors (Lipinski definition) is 0. The Kier molecular flexibility index (Phi) is 3.67. The second kappa shape index (κ2) is 4.41. The van der Waals surface area contributed by atoms with Crippen LogP contribution < -0.4 is 0 Å². The van der Waals surface area contributed by atoms with Gasteiger partial charge < -0.3 is 14.6 Å². The molecule has 0 aromatic heterocycles. The van der Waals surface area contributed by atoms with Gasteiger partial charge in [-0.2, -0.15) is 0 Å². The van der Waals surface area contributed by atoms with Crippen LogP contribution in [0.25, 0.3) is 0 Å². The molecule has 1 aliphatic rings. The van der Waals surface area contributed by atoms with Crippen LogP contribution in [0.5, 0.6) is 0 Å². The van der Waals surface area contributed by atoms with Crippen molar-refractivity contribution in [1.29, 1.82) is 0 Å². The van der Waals surface area contributed by atoms with Crippen molar-refractivity contribution in [2.24, 2.45) is 5.41 Å². The van der Waals surface area contributed by atoms with Gasteiger partial charge in [0.05, 0.1) is 0 Å². The van der Waals surface area contributed by atoms with Crippen LogP contribution in [-0.2, 0) is 4.79 Å². The quantitative estimate of drug-likeness (QED) is 0.626. The van der Waals surface area contributed by atoms with Crippen molar-refractivity contribution in [2.75, 3.05) is 33.7 Å². The zero-order valence-corrected chi connectivity index (χ0v) is 9.79. The number of carbonyl (C=O) groups excluding carboxylic acids is 1. The van der Waals surface area contributed by atoms with Gasteiger partial charge in [-0.05, 0) is 27.1 Å². The molecule has 1 atom stereocenters. The number of nitrogens with zero attached hydrogens (tertiary/aromatic N) is 2. The van der Waals surface area contributed by atoms with E-state index in [1.165, 1.54) is 6.42 Å². The summed E-state index contributed by atoms with van der Waals surface area (Å²) in [6.45, 7) is 7.12. The maximum Gasteiger partial charge on any atom is 0.126 e. The maximum absolute atomic E-state index is 10.8. The van der Waals surface area contributed by atoms with Crippen molar-refractivity contribution in [3.63, 3.8) is 0 Å². The lowest BCUT2D eigenvalue weighted by molar-refractivity contribution is -0.115. The van der Waals surface area contributed by atoms with Crippen molar-refractivity contribution in [2.45, 2.75) is 26.3 Å². The molecule has 1 saturated heterocycles. The molecule has 1 fully saturated rings. The molecule has 1 heterocycles. The largest absolute Gasteiger partial charge is 0.305 e. The molecule has 0 saturated carbocycles. The Morgan fingerprint density at radius 3 is 2.57 bits per heavy atom. The molecule has 0 amide bonds. The van der Waals surface area contributed by atoms with Gasteiger partial charge in [-0.25, -0.2) is 0 Å². The van der Waals surface area contributed by atoms with Crippen molar-refractivity contribution in [3.05, 3.63) is 0 Å². The Morgan fingerprint density at radius 1 is 1.50 bits per heavy atom. The number of carbonyl (C=O) groups is 1. The minimum absolute atomic E-state index is 0.193. The Balaban J connectivity index is 2.39. The van der Waals surface area contributed by atoms with E-state index < -0.39 is 0 Å². The second-order valence-corrected chi connectivity index (χ2v) is 5.25. The van der Waals surface area contributed by atoms with Gasteiger partial charge in [-0.15, -0.1) is 0 Å². The van der Waals surface area contributed by atoms with Crippen LogP contribution in [0.2, 0.25) is 0 Å². The van der Waals surface area contributed by atoms with Gasteiger partial charge in [-0.3, -0.25) is 0 Å². The lowest BCUT2D eigenvalue weighted by atomic mass is 9.95. The highest BCUT2D eigenvalue weighted by atomic mass is 16.1. The molecule has 82 valence electrons. The smallest absolute Gasteiger partial charge is 0.126 e. The number of likely N-dealkylation sites (N-methyl/N-ethyl adjacent to an activating group) is 1. The number of rotatable bonds is 4. The SMILES string of the molecule is CN(C)C1CCN(CC(C)(C)C=O)C1. The average molecular weight is 198 g/mol. The van der Waals surface area contributed by atoms with Gasteiger partial charge in [-0.1, -0.05) is 13.8 Å². The van der Waals surface area contributed by atoms with Gasteiger partial charge >= 0.3 is 0 Å². The van der Waals surface area contributed by atoms with E-state index in [0.717, 1.165) is 25.9 Å². The summed E-state index contributed by atoms with van der Waals surface area (Å²) in [7, 11) is 4.25. The van der Waals surface area contributed by atoms with Gasteiger partial charge in [0.25, 0.3) is 0 Å².